The summed E-state index contributed by atoms with van der Waals surface area (Å²) in [7, 11) is 3.86. The molecule has 108 valence electrons. The largest absolute Gasteiger partial charge is 0.490 e. The summed E-state index contributed by atoms with van der Waals surface area (Å²) in [5.74, 6) is 0.969. The van der Waals surface area contributed by atoms with Crippen molar-refractivity contribution in [1.29, 1.82) is 0 Å². The number of ether oxygens (including phenoxy) is 2. The summed E-state index contributed by atoms with van der Waals surface area (Å²) < 4.78 is 11.1. The van der Waals surface area contributed by atoms with Crippen molar-refractivity contribution in [3.63, 3.8) is 0 Å². The molecule has 0 heterocycles. The van der Waals surface area contributed by atoms with Crippen molar-refractivity contribution in [1.82, 2.24) is 4.90 Å². The molecule has 0 aliphatic rings. The molecular weight excluding hydrogens is 238 g/mol. The fourth-order valence-corrected chi connectivity index (χ4v) is 1.88. The Labute approximate surface area is 117 Å². The third-order valence-electron chi connectivity index (χ3n) is 3.29. The predicted molar refractivity (Wildman–Crippen MR) is 79.9 cm³/mol. The van der Waals surface area contributed by atoms with Gasteiger partial charge in [0.05, 0.1) is 12.7 Å². The number of methoxy groups -OCH3 is 1. The molecular formula is C16H27NO2. The second-order valence-electron chi connectivity index (χ2n) is 5.05. The highest BCUT2D eigenvalue weighted by molar-refractivity contribution is 5.26. The predicted octanol–water partition coefficient (Wildman–Crippen LogP) is 3.12. The van der Waals surface area contributed by atoms with Crippen LogP contribution >= 0.6 is 0 Å². The average Bonchev–Trinajstić information content (AvgIpc) is 2.43. The molecule has 0 aliphatic carbocycles. The van der Waals surface area contributed by atoms with Crippen molar-refractivity contribution in [2.45, 2.75) is 32.8 Å². The third kappa shape index (κ3) is 6.60. The fourth-order valence-electron chi connectivity index (χ4n) is 1.88. The number of likely N-dealkylation sites (N-methyl/N-ethyl adjacent to an activating group) is 1. The van der Waals surface area contributed by atoms with Crippen LogP contribution in [0.3, 0.4) is 0 Å². The molecule has 0 saturated heterocycles. The van der Waals surface area contributed by atoms with E-state index in [-0.39, 0.29) is 6.10 Å². The van der Waals surface area contributed by atoms with Crippen LogP contribution in [0.5, 0.6) is 5.75 Å². The van der Waals surface area contributed by atoms with Gasteiger partial charge < -0.3 is 14.4 Å². The van der Waals surface area contributed by atoms with E-state index in [1.807, 2.05) is 12.1 Å². The molecule has 19 heavy (non-hydrogen) atoms. The summed E-state index contributed by atoms with van der Waals surface area (Å²) in [6.07, 6.45) is 2.36. The monoisotopic (exact) mass is 265 g/mol. The van der Waals surface area contributed by atoms with Crippen LogP contribution in [-0.4, -0.2) is 44.9 Å². The zero-order valence-electron chi connectivity index (χ0n) is 12.7. The Hall–Kier alpha value is -1.06. The highest BCUT2D eigenvalue weighted by Gasteiger charge is 2.09. The van der Waals surface area contributed by atoms with Gasteiger partial charge in [-0.1, -0.05) is 24.6 Å². The molecule has 0 saturated carbocycles. The van der Waals surface area contributed by atoms with Gasteiger partial charge in [0.1, 0.15) is 5.75 Å². The smallest absolute Gasteiger partial charge is 0.119 e. The number of hydrogen-bond donors (Lipinski definition) is 0. The molecule has 1 aromatic rings. The van der Waals surface area contributed by atoms with Gasteiger partial charge in [0.2, 0.25) is 0 Å². The van der Waals surface area contributed by atoms with E-state index in [1.54, 1.807) is 7.11 Å². The van der Waals surface area contributed by atoms with Crippen LogP contribution in [0.4, 0.5) is 0 Å². The molecule has 0 aliphatic heterocycles. The summed E-state index contributed by atoms with van der Waals surface area (Å²) >= 11 is 0. The van der Waals surface area contributed by atoms with Crippen LogP contribution in [0.25, 0.3) is 0 Å². The number of benzene rings is 1. The minimum atomic E-state index is 0.285. The van der Waals surface area contributed by atoms with Crippen LogP contribution in [0.1, 0.15) is 25.3 Å². The Balaban J connectivity index is 2.35. The highest BCUT2D eigenvalue weighted by Crippen LogP contribution is 2.16. The van der Waals surface area contributed by atoms with E-state index in [0.29, 0.717) is 0 Å². The number of rotatable bonds is 9. The van der Waals surface area contributed by atoms with E-state index in [9.17, 15) is 0 Å². The van der Waals surface area contributed by atoms with Crippen LogP contribution in [0.2, 0.25) is 0 Å². The van der Waals surface area contributed by atoms with Crippen molar-refractivity contribution < 1.29 is 9.47 Å². The second-order valence-corrected chi connectivity index (χ2v) is 5.05. The summed E-state index contributed by atoms with van der Waals surface area (Å²) in [6.45, 7) is 7.05. The molecule has 0 amide bonds. The maximum atomic E-state index is 6.02. The Kier molecular flexibility index (Phi) is 7.53. The summed E-state index contributed by atoms with van der Waals surface area (Å²) in [5.41, 5.74) is 1.26. The minimum Gasteiger partial charge on any atom is -0.490 e. The lowest BCUT2D eigenvalue weighted by molar-refractivity contribution is 0.138. The number of nitrogens with zero attached hydrogens (tertiary/aromatic N) is 1. The second kappa shape index (κ2) is 8.94. The van der Waals surface area contributed by atoms with Crippen molar-refractivity contribution >= 4 is 0 Å². The summed E-state index contributed by atoms with van der Waals surface area (Å²) in [6, 6.07) is 8.28. The summed E-state index contributed by atoms with van der Waals surface area (Å²) in [4.78, 5) is 2.28. The summed E-state index contributed by atoms with van der Waals surface area (Å²) in [5, 5.41) is 0. The average molecular weight is 265 g/mol. The van der Waals surface area contributed by atoms with Gasteiger partial charge in [-0.05, 0) is 38.9 Å². The first-order valence-electron chi connectivity index (χ1n) is 7.06. The van der Waals surface area contributed by atoms with Gasteiger partial charge in [-0.3, -0.25) is 0 Å². The molecule has 0 N–H and O–H groups in total. The van der Waals surface area contributed by atoms with Crippen LogP contribution in [0.15, 0.2) is 24.3 Å². The normalized spacial score (nSPS) is 12.7. The van der Waals surface area contributed by atoms with Crippen molar-refractivity contribution in [3.8, 4) is 5.75 Å². The number of hydrogen-bond acceptors (Lipinski definition) is 3. The lowest BCUT2D eigenvalue weighted by Crippen LogP contribution is -2.28. The maximum Gasteiger partial charge on any atom is 0.119 e. The van der Waals surface area contributed by atoms with Crippen molar-refractivity contribution in [2.24, 2.45) is 0 Å². The SMILES string of the molecule is CCC(CCN(C)CCOC)Oc1ccc(C)cc1. The molecule has 3 nitrogen and oxygen atoms in total. The lowest BCUT2D eigenvalue weighted by Gasteiger charge is -2.21. The third-order valence-corrected chi connectivity index (χ3v) is 3.29. The molecule has 0 aromatic heterocycles. The van der Waals surface area contributed by atoms with Crippen LogP contribution < -0.4 is 4.74 Å². The zero-order chi connectivity index (χ0) is 14.1. The molecule has 0 spiro atoms. The Morgan fingerprint density at radius 2 is 1.84 bits per heavy atom. The highest BCUT2D eigenvalue weighted by atomic mass is 16.5. The van der Waals surface area contributed by atoms with Crippen LogP contribution in [0, 0.1) is 6.92 Å². The van der Waals surface area contributed by atoms with E-state index < -0.39 is 0 Å². The Bertz CT molecular complexity index is 337. The van der Waals surface area contributed by atoms with E-state index in [2.05, 4.69) is 37.9 Å². The van der Waals surface area contributed by atoms with Gasteiger partial charge in [-0.2, -0.15) is 0 Å². The first-order valence-corrected chi connectivity index (χ1v) is 7.06. The first-order chi connectivity index (χ1) is 9.15. The Morgan fingerprint density at radius 1 is 1.16 bits per heavy atom. The van der Waals surface area contributed by atoms with Gasteiger partial charge in [0.15, 0.2) is 0 Å². The van der Waals surface area contributed by atoms with E-state index in [0.717, 1.165) is 38.3 Å². The standard InChI is InChI=1S/C16H27NO2/c1-5-15(10-11-17(3)12-13-18-4)19-16-8-6-14(2)7-9-16/h6-9,15H,5,10-13H2,1-4H3. The topological polar surface area (TPSA) is 21.7 Å². The Morgan fingerprint density at radius 3 is 2.42 bits per heavy atom. The number of aryl methyl sites for hydroxylation is 1. The molecule has 0 fully saturated rings. The van der Waals surface area contributed by atoms with Gasteiger partial charge in [0.25, 0.3) is 0 Å². The zero-order valence-corrected chi connectivity index (χ0v) is 12.7. The molecule has 3 heteroatoms. The lowest BCUT2D eigenvalue weighted by atomic mass is 10.2. The van der Waals surface area contributed by atoms with Crippen molar-refractivity contribution in [3.05, 3.63) is 29.8 Å². The molecule has 1 rings (SSSR count). The quantitative estimate of drug-likeness (QED) is 0.685. The van der Waals surface area contributed by atoms with Crippen LogP contribution in [-0.2, 0) is 4.74 Å². The van der Waals surface area contributed by atoms with Gasteiger partial charge in [-0.25, -0.2) is 0 Å². The maximum absolute atomic E-state index is 6.02. The first kappa shape index (κ1) is 16.0. The fraction of sp³-hybridized carbons (Fsp3) is 0.625. The van der Waals surface area contributed by atoms with Gasteiger partial charge in [0, 0.05) is 20.2 Å². The van der Waals surface area contributed by atoms with Crippen molar-refractivity contribution in [2.75, 3.05) is 33.9 Å². The van der Waals surface area contributed by atoms with E-state index >= 15 is 0 Å². The molecule has 1 aromatic carbocycles. The van der Waals surface area contributed by atoms with E-state index in [4.69, 9.17) is 9.47 Å². The van der Waals surface area contributed by atoms with Gasteiger partial charge in [-0.15, -0.1) is 0 Å². The van der Waals surface area contributed by atoms with Gasteiger partial charge >= 0.3 is 0 Å². The van der Waals surface area contributed by atoms with E-state index in [1.165, 1.54) is 5.56 Å². The minimum absolute atomic E-state index is 0.285. The molecule has 1 atom stereocenters. The molecule has 0 bridgehead atoms. The molecule has 1 unspecified atom stereocenters. The molecule has 0 radical (unpaired) electrons.